The summed E-state index contributed by atoms with van der Waals surface area (Å²) in [6.45, 7) is 0.463. The van der Waals surface area contributed by atoms with E-state index in [1.807, 2.05) is 0 Å². The molecule has 0 saturated carbocycles. The van der Waals surface area contributed by atoms with Crippen LogP contribution in [-0.4, -0.2) is 34.2 Å². The Labute approximate surface area is 105 Å². The number of piperidine rings is 1. The first kappa shape index (κ1) is 12.6. The van der Waals surface area contributed by atoms with Gasteiger partial charge in [0.2, 0.25) is 11.8 Å². The third-order valence-electron chi connectivity index (χ3n) is 2.98. The topological polar surface area (TPSA) is 102 Å². The number of aromatic nitrogens is 2. The standard InChI is InChI=1S/C11H17N5O2/c1-16-6-7(4-14-16)10(12)11(18)15-8-2-3-9(17)13-5-8/h4,6,8,10H,2-3,5,12H2,1H3,(H,13,17)(H,15,18). The summed E-state index contributed by atoms with van der Waals surface area (Å²) in [5.41, 5.74) is 6.52. The van der Waals surface area contributed by atoms with Gasteiger partial charge in [-0.25, -0.2) is 0 Å². The molecule has 2 heterocycles. The van der Waals surface area contributed by atoms with Gasteiger partial charge >= 0.3 is 0 Å². The Morgan fingerprint density at radius 1 is 1.72 bits per heavy atom. The van der Waals surface area contributed by atoms with E-state index in [-0.39, 0.29) is 17.9 Å². The zero-order valence-corrected chi connectivity index (χ0v) is 10.2. The van der Waals surface area contributed by atoms with E-state index in [0.29, 0.717) is 24.9 Å². The van der Waals surface area contributed by atoms with Crippen LogP contribution in [0.1, 0.15) is 24.4 Å². The van der Waals surface area contributed by atoms with Crippen molar-refractivity contribution >= 4 is 11.8 Å². The summed E-state index contributed by atoms with van der Waals surface area (Å²) in [5, 5.41) is 9.52. The summed E-state index contributed by atoms with van der Waals surface area (Å²) in [6, 6.07) is -0.769. The normalized spacial score (nSPS) is 21.2. The monoisotopic (exact) mass is 251 g/mol. The average Bonchev–Trinajstić information content (AvgIpc) is 2.78. The molecule has 1 aromatic rings. The lowest BCUT2D eigenvalue weighted by atomic mass is 10.1. The zero-order valence-electron chi connectivity index (χ0n) is 10.2. The van der Waals surface area contributed by atoms with E-state index < -0.39 is 6.04 Å². The second-order valence-electron chi connectivity index (χ2n) is 4.47. The van der Waals surface area contributed by atoms with Crippen LogP contribution >= 0.6 is 0 Å². The molecule has 18 heavy (non-hydrogen) atoms. The number of carbonyl (C=O) groups is 2. The third-order valence-corrected chi connectivity index (χ3v) is 2.98. The number of amides is 2. The zero-order chi connectivity index (χ0) is 13.1. The summed E-state index contributed by atoms with van der Waals surface area (Å²) in [4.78, 5) is 22.9. The molecule has 1 aliphatic heterocycles. The first-order valence-electron chi connectivity index (χ1n) is 5.87. The van der Waals surface area contributed by atoms with Gasteiger partial charge in [-0.05, 0) is 6.42 Å². The number of hydrogen-bond acceptors (Lipinski definition) is 4. The van der Waals surface area contributed by atoms with Crippen LogP contribution in [0.15, 0.2) is 12.4 Å². The predicted molar refractivity (Wildman–Crippen MR) is 64.3 cm³/mol. The first-order valence-corrected chi connectivity index (χ1v) is 5.87. The highest BCUT2D eigenvalue weighted by Gasteiger charge is 2.23. The molecule has 0 aliphatic carbocycles. The maximum Gasteiger partial charge on any atom is 0.241 e. The molecule has 7 nitrogen and oxygen atoms in total. The van der Waals surface area contributed by atoms with Gasteiger partial charge in [0.25, 0.3) is 0 Å². The van der Waals surface area contributed by atoms with E-state index >= 15 is 0 Å². The Kier molecular flexibility index (Phi) is 3.61. The van der Waals surface area contributed by atoms with Gasteiger partial charge in [0.05, 0.1) is 6.20 Å². The Hall–Kier alpha value is -1.89. The van der Waals surface area contributed by atoms with Gasteiger partial charge in [-0.3, -0.25) is 14.3 Å². The number of rotatable bonds is 3. The quantitative estimate of drug-likeness (QED) is 0.629. The molecule has 2 amide bonds. The fraction of sp³-hybridized carbons (Fsp3) is 0.545. The molecular formula is C11H17N5O2. The Bertz CT molecular complexity index is 446. The van der Waals surface area contributed by atoms with E-state index in [2.05, 4.69) is 15.7 Å². The van der Waals surface area contributed by atoms with Gasteiger partial charge in [0, 0.05) is 37.8 Å². The van der Waals surface area contributed by atoms with Crippen LogP contribution in [0.25, 0.3) is 0 Å². The van der Waals surface area contributed by atoms with Crippen LogP contribution in [-0.2, 0) is 16.6 Å². The molecule has 1 fully saturated rings. The van der Waals surface area contributed by atoms with Gasteiger partial charge in [0.15, 0.2) is 0 Å². The Balaban J connectivity index is 1.89. The second kappa shape index (κ2) is 5.18. The molecule has 1 saturated heterocycles. The van der Waals surface area contributed by atoms with Crippen molar-refractivity contribution in [1.82, 2.24) is 20.4 Å². The van der Waals surface area contributed by atoms with Crippen LogP contribution in [0.4, 0.5) is 0 Å². The van der Waals surface area contributed by atoms with Crippen LogP contribution in [0.5, 0.6) is 0 Å². The molecule has 0 spiro atoms. The van der Waals surface area contributed by atoms with Crippen LogP contribution < -0.4 is 16.4 Å². The molecule has 1 aliphatic rings. The number of nitrogens with one attached hydrogen (secondary N) is 2. The van der Waals surface area contributed by atoms with E-state index in [4.69, 9.17) is 5.73 Å². The minimum atomic E-state index is -0.726. The number of carbonyl (C=O) groups excluding carboxylic acids is 2. The van der Waals surface area contributed by atoms with Crippen molar-refractivity contribution in [2.75, 3.05) is 6.54 Å². The van der Waals surface area contributed by atoms with E-state index in [9.17, 15) is 9.59 Å². The highest BCUT2D eigenvalue weighted by Crippen LogP contribution is 2.10. The molecule has 2 atom stereocenters. The van der Waals surface area contributed by atoms with Gasteiger partial charge in [-0.2, -0.15) is 5.10 Å². The molecule has 0 bridgehead atoms. The molecule has 7 heteroatoms. The van der Waals surface area contributed by atoms with Gasteiger partial charge in [-0.15, -0.1) is 0 Å². The minimum Gasteiger partial charge on any atom is -0.354 e. The maximum absolute atomic E-state index is 11.9. The number of nitrogens with two attached hydrogens (primary N) is 1. The summed E-state index contributed by atoms with van der Waals surface area (Å²) in [6.07, 6.45) is 4.38. The highest BCUT2D eigenvalue weighted by atomic mass is 16.2. The first-order chi connectivity index (χ1) is 8.56. The van der Waals surface area contributed by atoms with E-state index in [1.54, 1.807) is 24.1 Å². The highest BCUT2D eigenvalue weighted by molar-refractivity contribution is 5.83. The van der Waals surface area contributed by atoms with Crippen molar-refractivity contribution in [2.45, 2.75) is 24.9 Å². The van der Waals surface area contributed by atoms with E-state index in [0.717, 1.165) is 0 Å². The number of aryl methyl sites for hydroxylation is 1. The molecule has 2 unspecified atom stereocenters. The summed E-state index contributed by atoms with van der Waals surface area (Å²) in [7, 11) is 1.77. The average molecular weight is 251 g/mol. The maximum atomic E-state index is 11.9. The fourth-order valence-electron chi connectivity index (χ4n) is 1.90. The van der Waals surface area contributed by atoms with Gasteiger partial charge < -0.3 is 16.4 Å². The Morgan fingerprint density at radius 3 is 3.06 bits per heavy atom. The lowest BCUT2D eigenvalue weighted by Crippen LogP contribution is -2.49. The Morgan fingerprint density at radius 2 is 2.50 bits per heavy atom. The molecule has 2 rings (SSSR count). The number of nitrogens with zero attached hydrogens (tertiary/aromatic N) is 2. The molecule has 0 aromatic carbocycles. The summed E-state index contributed by atoms with van der Waals surface area (Å²) in [5.74, 6) is -0.221. The summed E-state index contributed by atoms with van der Waals surface area (Å²) >= 11 is 0. The van der Waals surface area contributed by atoms with Gasteiger partial charge in [-0.1, -0.05) is 0 Å². The predicted octanol–water partition coefficient (Wildman–Crippen LogP) is -1.19. The fourth-order valence-corrected chi connectivity index (χ4v) is 1.90. The number of hydrogen-bond donors (Lipinski definition) is 3. The van der Waals surface area contributed by atoms with Crippen molar-refractivity contribution in [3.63, 3.8) is 0 Å². The lowest BCUT2D eigenvalue weighted by Gasteiger charge is -2.24. The SMILES string of the molecule is Cn1cc(C(N)C(=O)NC2CCC(=O)NC2)cn1. The largest absolute Gasteiger partial charge is 0.354 e. The van der Waals surface area contributed by atoms with Crippen LogP contribution in [0.2, 0.25) is 0 Å². The van der Waals surface area contributed by atoms with E-state index in [1.165, 1.54) is 0 Å². The molecule has 0 radical (unpaired) electrons. The third kappa shape index (κ3) is 2.86. The molecular weight excluding hydrogens is 234 g/mol. The van der Waals surface area contributed by atoms with Crippen LogP contribution in [0, 0.1) is 0 Å². The van der Waals surface area contributed by atoms with Crippen molar-refractivity contribution in [2.24, 2.45) is 12.8 Å². The summed E-state index contributed by atoms with van der Waals surface area (Å²) < 4.78 is 1.60. The van der Waals surface area contributed by atoms with Crippen molar-refractivity contribution in [1.29, 1.82) is 0 Å². The van der Waals surface area contributed by atoms with Crippen LogP contribution in [0.3, 0.4) is 0 Å². The second-order valence-corrected chi connectivity index (χ2v) is 4.47. The lowest BCUT2D eigenvalue weighted by molar-refractivity contribution is -0.126. The van der Waals surface area contributed by atoms with Crippen molar-refractivity contribution in [3.8, 4) is 0 Å². The smallest absolute Gasteiger partial charge is 0.241 e. The molecule has 98 valence electrons. The van der Waals surface area contributed by atoms with Crippen molar-refractivity contribution in [3.05, 3.63) is 18.0 Å². The van der Waals surface area contributed by atoms with Crippen molar-refractivity contribution < 1.29 is 9.59 Å². The molecule has 4 N–H and O–H groups in total. The van der Waals surface area contributed by atoms with Gasteiger partial charge in [0.1, 0.15) is 6.04 Å². The molecule has 1 aromatic heterocycles. The minimum absolute atomic E-state index is 0.0251.